The van der Waals surface area contributed by atoms with Crippen LogP contribution in [-0.4, -0.2) is 48.1 Å². The fourth-order valence-electron chi connectivity index (χ4n) is 4.55. The van der Waals surface area contributed by atoms with Gasteiger partial charge in [-0.2, -0.15) is 0 Å². The molecule has 5 nitrogen and oxygen atoms in total. The highest BCUT2D eigenvalue weighted by Crippen LogP contribution is 2.56. The first-order chi connectivity index (χ1) is 16.1. The van der Waals surface area contributed by atoms with Crippen molar-refractivity contribution in [2.75, 3.05) is 27.2 Å². The summed E-state index contributed by atoms with van der Waals surface area (Å²) >= 11 is 13.9. The van der Waals surface area contributed by atoms with E-state index in [1.165, 1.54) is 11.8 Å². The number of nitrogens with zero attached hydrogens (tertiary/aromatic N) is 3. The zero-order chi connectivity index (χ0) is 24.6. The van der Waals surface area contributed by atoms with E-state index in [4.69, 9.17) is 28.2 Å². The minimum Gasteiger partial charge on any atom is -0.350 e. The van der Waals surface area contributed by atoms with Crippen LogP contribution in [0.4, 0.5) is 0 Å². The molecule has 2 aromatic rings. The van der Waals surface area contributed by atoms with Gasteiger partial charge in [0.1, 0.15) is 5.54 Å². The standard InChI is InChI=1S/C26H30Cl2N4OS/c1-16(2)21-22(24(33)29-14-15-31(4)5)34-25-30-26(3,18-8-12-20(28)13-9-18)23(32(21)25)17-6-10-19(27)11-7-17/h6-13,16,23H,14-15H2,1-5H3,(H,29,33)/t23-,26+/m1/s1. The van der Waals surface area contributed by atoms with Gasteiger partial charge in [-0.05, 0) is 74.1 Å². The number of allylic oxidation sites excluding steroid dienone is 1. The molecule has 0 saturated heterocycles. The molecular weight excluding hydrogens is 487 g/mol. The van der Waals surface area contributed by atoms with Crippen molar-refractivity contribution in [1.29, 1.82) is 0 Å². The summed E-state index contributed by atoms with van der Waals surface area (Å²) in [6.45, 7) is 7.78. The summed E-state index contributed by atoms with van der Waals surface area (Å²) in [5.74, 6) is 0.0906. The Kier molecular flexibility index (Phi) is 7.34. The van der Waals surface area contributed by atoms with E-state index in [-0.39, 0.29) is 17.9 Å². The SMILES string of the molecule is CC(C)C1=C(C(=O)NCCN(C)C)SC2=N[C@@](C)(c3ccc(Cl)cc3)[C@@H](c3ccc(Cl)cc3)N21. The van der Waals surface area contributed by atoms with Crippen LogP contribution >= 0.6 is 35.0 Å². The van der Waals surface area contributed by atoms with Crippen LogP contribution in [0.3, 0.4) is 0 Å². The van der Waals surface area contributed by atoms with Gasteiger partial charge in [-0.3, -0.25) is 4.79 Å². The lowest BCUT2D eigenvalue weighted by Crippen LogP contribution is -2.36. The third-order valence-electron chi connectivity index (χ3n) is 6.22. The molecule has 180 valence electrons. The Bertz CT molecular complexity index is 1130. The van der Waals surface area contributed by atoms with E-state index in [9.17, 15) is 4.79 Å². The Morgan fingerprint density at radius 2 is 1.71 bits per heavy atom. The lowest BCUT2D eigenvalue weighted by molar-refractivity contribution is -0.116. The van der Waals surface area contributed by atoms with Crippen LogP contribution in [0.25, 0.3) is 0 Å². The molecule has 0 spiro atoms. The van der Waals surface area contributed by atoms with Crippen molar-refractivity contribution in [1.82, 2.24) is 15.1 Å². The van der Waals surface area contributed by atoms with Crippen molar-refractivity contribution >= 4 is 46.0 Å². The van der Waals surface area contributed by atoms with E-state index in [1.807, 2.05) is 50.5 Å². The van der Waals surface area contributed by atoms with Gasteiger partial charge in [0.05, 0.1) is 10.9 Å². The van der Waals surface area contributed by atoms with E-state index in [1.54, 1.807) is 0 Å². The average Bonchev–Trinajstić information content (AvgIpc) is 3.27. The summed E-state index contributed by atoms with van der Waals surface area (Å²) in [6.07, 6.45) is 0. The number of amides is 1. The number of hydrogen-bond donors (Lipinski definition) is 1. The van der Waals surface area contributed by atoms with Crippen LogP contribution in [-0.2, 0) is 10.3 Å². The highest BCUT2D eigenvalue weighted by Gasteiger charge is 2.53. The van der Waals surface area contributed by atoms with E-state index >= 15 is 0 Å². The highest BCUT2D eigenvalue weighted by molar-refractivity contribution is 8.18. The number of thioether (sulfide) groups is 1. The molecule has 0 aliphatic carbocycles. The van der Waals surface area contributed by atoms with E-state index in [0.29, 0.717) is 16.6 Å². The number of aliphatic imine (C=N–C) groups is 1. The molecule has 0 bridgehead atoms. The van der Waals surface area contributed by atoms with Gasteiger partial charge in [0.25, 0.3) is 5.91 Å². The minimum absolute atomic E-state index is 0.0456. The van der Waals surface area contributed by atoms with Crippen LogP contribution in [0.15, 0.2) is 64.1 Å². The molecule has 0 radical (unpaired) electrons. The molecule has 1 amide bonds. The number of carbonyl (C=O) groups excluding carboxylic acids is 1. The van der Waals surface area contributed by atoms with Crippen LogP contribution in [0.1, 0.15) is 37.9 Å². The first-order valence-electron chi connectivity index (χ1n) is 11.4. The minimum atomic E-state index is -0.562. The van der Waals surface area contributed by atoms with Crippen LogP contribution in [0.2, 0.25) is 10.0 Å². The molecule has 2 heterocycles. The lowest BCUT2D eigenvalue weighted by atomic mass is 9.81. The number of fused-ring (bicyclic) bond motifs is 1. The summed E-state index contributed by atoms with van der Waals surface area (Å²) in [6, 6.07) is 15.7. The zero-order valence-electron chi connectivity index (χ0n) is 20.1. The fraction of sp³-hybridized carbons (Fsp3) is 0.385. The Balaban J connectivity index is 1.79. The van der Waals surface area contributed by atoms with Gasteiger partial charge in [-0.15, -0.1) is 0 Å². The van der Waals surface area contributed by atoms with Gasteiger partial charge in [0.15, 0.2) is 5.17 Å². The summed E-state index contributed by atoms with van der Waals surface area (Å²) in [5, 5.41) is 5.30. The Morgan fingerprint density at radius 3 is 2.26 bits per heavy atom. The first-order valence-corrected chi connectivity index (χ1v) is 12.9. The topological polar surface area (TPSA) is 47.9 Å². The van der Waals surface area contributed by atoms with Gasteiger partial charge in [-0.1, -0.05) is 61.3 Å². The fourth-order valence-corrected chi connectivity index (χ4v) is 6.12. The number of nitrogens with one attached hydrogen (secondary N) is 1. The van der Waals surface area contributed by atoms with Gasteiger partial charge < -0.3 is 15.1 Å². The Labute approximate surface area is 216 Å². The zero-order valence-corrected chi connectivity index (χ0v) is 22.4. The average molecular weight is 518 g/mol. The molecule has 0 unspecified atom stereocenters. The second kappa shape index (κ2) is 9.94. The molecule has 4 rings (SSSR count). The third kappa shape index (κ3) is 4.74. The van der Waals surface area contributed by atoms with Gasteiger partial charge in [0, 0.05) is 28.8 Å². The molecule has 0 fully saturated rings. The smallest absolute Gasteiger partial charge is 0.260 e. The maximum absolute atomic E-state index is 13.2. The predicted molar refractivity (Wildman–Crippen MR) is 143 cm³/mol. The van der Waals surface area contributed by atoms with Crippen molar-refractivity contribution in [3.8, 4) is 0 Å². The van der Waals surface area contributed by atoms with Crippen molar-refractivity contribution in [2.24, 2.45) is 10.9 Å². The van der Waals surface area contributed by atoms with E-state index < -0.39 is 5.54 Å². The van der Waals surface area contributed by atoms with Crippen molar-refractivity contribution in [3.63, 3.8) is 0 Å². The number of likely N-dealkylation sites (N-methyl/N-ethyl adjacent to an activating group) is 1. The lowest BCUT2D eigenvalue weighted by Gasteiger charge is -2.37. The molecule has 8 heteroatoms. The van der Waals surface area contributed by atoms with Crippen molar-refractivity contribution < 1.29 is 4.79 Å². The summed E-state index contributed by atoms with van der Waals surface area (Å²) in [7, 11) is 3.99. The third-order valence-corrected chi connectivity index (χ3v) is 7.80. The number of halogens is 2. The number of benzene rings is 2. The van der Waals surface area contributed by atoms with Crippen LogP contribution in [0, 0.1) is 5.92 Å². The quantitative estimate of drug-likeness (QED) is 0.496. The van der Waals surface area contributed by atoms with Crippen molar-refractivity contribution in [3.05, 3.63) is 80.3 Å². The van der Waals surface area contributed by atoms with Crippen LogP contribution in [0.5, 0.6) is 0 Å². The summed E-state index contributed by atoms with van der Waals surface area (Å²) in [5.41, 5.74) is 2.60. The first kappa shape index (κ1) is 25.1. The largest absolute Gasteiger partial charge is 0.350 e. The predicted octanol–water partition coefficient (Wildman–Crippen LogP) is 5.91. The molecule has 34 heavy (non-hydrogen) atoms. The molecule has 2 aromatic carbocycles. The maximum atomic E-state index is 13.2. The Hall–Kier alpha value is -1.99. The van der Waals surface area contributed by atoms with Gasteiger partial charge in [0.2, 0.25) is 0 Å². The van der Waals surface area contributed by atoms with E-state index in [0.717, 1.165) is 33.4 Å². The normalized spacial score (nSPS) is 22.0. The second-order valence-electron chi connectivity index (χ2n) is 9.40. The number of amidine groups is 1. The number of hydrogen-bond acceptors (Lipinski definition) is 5. The maximum Gasteiger partial charge on any atom is 0.260 e. The van der Waals surface area contributed by atoms with E-state index in [2.05, 4.69) is 48.0 Å². The molecular formula is C26H30Cl2N4OS. The van der Waals surface area contributed by atoms with Gasteiger partial charge in [-0.25, -0.2) is 4.99 Å². The number of rotatable bonds is 7. The summed E-state index contributed by atoms with van der Waals surface area (Å²) < 4.78 is 0. The van der Waals surface area contributed by atoms with Gasteiger partial charge >= 0.3 is 0 Å². The molecule has 2 aliphatic heterocycles. The summed E-state index contributed by atoms with van der Waals surface area (Å²) in [4.78, 5) is 23.5. The molecule has 1 N–H and O–H groups in total. The molecule has 2 aliphatic rings. The molecule has 0 saturated carbocycles. The monoisotopic (exact) mass is 516 g/mol. The highest BCUT2D eigenvalue weighted by atomic mass is 35.5. The Morgan fingerprint density at radius 1 is 1.12 bits per heavy atom. The second-order valence-corrected chi connectivity index (χ2v) is 11.3. The molecule has 2 atom stereocenters. The van der Waals surface area contributed by atoms with Crippen molar-refractivity contribution in [2.45, 2.75) is 32.4 Å². The molecule has 0 aromatic heterocycles. The van der Waals surface area contributed by atoms with Crippen LogP contribution < -0.4 is 5.32 Å². The number of carbonyl (C=O) groups is 1.